The number of cyclic esters (lactones) is 1. The van der Waals surface area contributed by atoms with E-state index in [9.17, 15) is 39.9 Å². The number of benzene rings is 1. The molecule has 3 aliphatic rings. The number of methoxy groups -OCH3 is 1. The number of nitrogens with zero attached hydrogens (tertiary/aromatic N) is 1. The van der Waals surface area contributed by atoms with Crippen LogP contribution in [0.4, 0.5) is 0 Å². The summed E-state index contributed by atoms with van der Waals surface area (Å²) in [6, 6.07) is 6.93. The average molecular weight is 892 g/mol. The molecule has 17 heteroatoms. The quantitative estimate of drug-likeness (QED) is 0.170. The van der Waals surface area contributed by atoms with Gasteiger partial charge in [-0.3, -0.25) is 14.4 Å². The van der Waals surface area contributed by atoms with E-state index in [1.54, 1.807) is 46.9 Å². The van der Waals surface area contributed by atoms with Crippen molar-refractivity contribution in [3.63, 3.8) is 0 Å². The van der Waals surface area contributed by atoms with Crippen LogP contribution in [0.3, 0.4) is 0 Å². The molecule has 3 fully saturated rings. The first-order valence-electron chi connectivity index (χ1n) is 22.2. The van der Waals surface area contributed by atoms with Gasteiger partial charge in [0.15, 0.2) is 12.6 Å². The van der Waals surface area contributed by atoms with Gasteiger partial charge in [-0.15, -0.1) is 0 Å². The first kappa shape index (κ1) is 50.9. The van der Waals surface area contributed by atoms with E-state index in [0.717, 1.165) is 5.52 Å². The summed E-state index contributed by atoms with van der Waals surface area (Å²) in [5.41, 5.74) is -4.04. The second-order valence-corrected chi connectivity index (χ2v) is 19.4. The van der Waals surface area contributed by atoms with Gasteiger partial charge in [-0.05, 0) is 74.5 Å². The average Bonchev–Trinajstić information content (AvgIpc) is 3.66. The first-order valence-corrected chi connectivity index (χ1v) is 22.2. The first-order chi connectivity index (χ1) is 29.3. The summed E-state index contributed by atoms with van der Waals surface area (Å²) in [6.07, 6.45) is -9.52. The fourth-order valence-electron chi connectivity index (χ4n) is 9.94. The lowest BCUT2D eigenvalue weighted by atomic mass is 9.74. The highest BCUT2D eigenvalue weighted by Gasteiger charge is 2.53. The zero-order valence-corrected chi connectivity index (χ0v) is 38.9. The number of H-pyrrole nitrogens is 1. The molecule has 1 aromatic carbocycles. The monoisotopic (exact) mass is 892 g/mol. The molecule has 17 nitrogen and oxygen atoms in total. The normalized spacial score (nSPS) is 42.5. The number of ether oxygens (including phenoxy) is 6. The van der Waals surface area contributed by atoms with Crippen molar-refractivity contribution in [2.45, 2.75) is 172 Å². The molecule has 2 aromatic rings. The van der Waals surface area contributed by atoms with E-state index in [4.69, 9.17) is 28.4 Å². The number of para-hydroxylation sites is 1. The van der Waals surface area contributed by atoms with Crippen LogP contribution in [-0.2, 0) is 38.0 Å². The number of rotatable bonds is 10. The van der Waals surface area contributed by atoms with Gasteiger partial charge in [0.05, 0.1) is 53.2 Å². The topological polar surface area (TPSA) is 239 Å². The predicted molar refractivity (Wildman–Crippen MR) is 231 cm³/mol. The van der Waals surface area contributed by atoms with Crippen LogP contribution in [0.15, 0.2) is 30.5 Å². The number of aromatic nitrogens is 1. The van der Waals surface area contributed by atoms with E-state index in [-0.39, 0.29) is 38.0 Å². The number of hydrogen-bond donors (Lipinski definition) is 7. The van der Waals surface area contributed by atoms with E-state index in [2.05, 4.69) is 10.3 Å². The summed E-state index contributed by atoms with van der Waals surface area (Å²) >= 11 is 0. The molecular weight excluding hydrogens is 819 g/mol. The summed E-state index contributed by atoms with van der Waals surface area (Å²) < 4.78 is 37.6. The van der Waals surface area contributed by atoms with E-state index >= 15 is 0 Å². The van der Waals surface area contributed by atoms with Crippen molar-refractivity contribution in [2.75, 3.05) is 27.7 Å². The lowest BCUT2D eigenvalue weighted by Gasteiger charge is -2.49. The number of aliphatic hydroxyl groups excluding tert-OH is 3. The maximum Gasteiger partial charge on any atom is 0.311 e. The van der Waals surface area contributed by atoms with Crippen molar-refractivity contribution in [3.05, 3.63) is 36.0 Å². The summed E-state index contributed by atoms with van der Waals surface area (Å²) in [4.78, 5) is 47.2. The minimum absolute atomic E-state index is 0.0392. The van der Waals surface area contributed by atoms with Gasteiger partial charge in [-0.2, -0.15) is 0 Å². The molecule has 1 aromatic heterocycles. The van der Waals surface area contributed by atoms with Crippen molar-refractivity contribution in [3.8, 4) is 0 Å². The van der Waals surface area contributed by atoms with Crippen molar-refractivity contribution < 1.29 is 68.3 Å². The minimum Gasteiger partial charge on any atom is -0.459 e. The number of hydrogen-bond acceptors (Lipinski definition) is 15. The van der Waals surface area contributed by atoms with Gasteiger partial charge < -0.3 is 69.2 Å². The van der Waals surface area contributed by atoms with Gasteiger partial charge in [-0.1, -0.05) is 39.0 Å². The number of carbonyl (C=O) groups is 3. The third-order valence-corrected chi connectivity index (χ3v) is 14.0. The van der Waals surface area contributed by atoms with Gasteiger partial charge in [0.1, 0.15) is 29.7 Å². The number of aromatic amines is 1. The maximum absolute atomic E-state index is 14.7. The Kier molecular flexibility index (Phi) is 16.3. The molecule has 0 radical (unpaired) electrons. The van der Waals surface area contributed by atoms with E-state index in [0.29, 0.717) is 17.4 Å². The third kappa shape index (κ3) is 11.0. The number of amides is 1. The number of carbonyl (C=O) groups excluding carboxylic acids is 3. The highest BCUT2D eigenvalue weighted by atomic mass is 16.7. The molecule has 0 aliphatic carbocycles. The van der Waals surface area contributed by atoms with Gasteiger partial charge in [0.25, 0.3) is 5.91 Å². The lowest BCUT2D eigenvalue weighted by molar-refractivity contribution is -0.318. The number of likely N-dealkylation sites (N-methyl/N-ethyl adjacent to an activating group) is 1. The van der Waals surface area contributed by atoms with E-state index < -0.39 is 113 Å². The zero-order valence-electron chi connectivity index (χ0n) is 38.9. The Morgan fingerprint density at radius 2 is 1.60 bits per heavy atom. The molecule has 8 unspecified atom stereocenters. The van der Waals surface area contributed by atoms with Crippen LogP contribution in [0.5, 0.6) is 0 Å². The van der Waals surface area contributed by atoms with Crippen molar-refractivity contribution in [1.82, 2.24) is 15.2 Å². The van der Waals surface area contributed by atoms with E-state index in [1.165, 1.54) is 27.9 Å². The van der Waals surface area contributed by atoms with Crippen LogP contribution in [0.1, 0.15) is 98.4 Å². The molecule has 18 atom stereocenters. The highest BCUT2D eigenvalue weighted by molar-refractivity contribution is 6.06. The predicted octanol–water partition coefficient (Wildman–Crippen LogP) is 2.68. The number of Topliss-reactive ketones (excluding diaryl/α,β-unsaturated/α-hetero) is 1. The summed E-state index contributed by atoms with van der Waals surface area (Å²) in [5.74, 6) is -6.02. The Morgan fingerprint density at radius 1 is 0.937 bits per heavy atom. The highest BCUT2D eigenvalue weighted by Crippen LogP contribution is 2.41. The van der Waals surface area contributed by atoms with Crippen LogP contribution < -0.4 is 5.32 Å². The van der Waals surface area contributed by atoms with E-state index in [1.807, 2.05) is 44.1 Å². The Labute approximate surface area is 371 Å². The molecule has 0 saturated carbocycles. The fourth-order valence-corrected chi connectivity index (χ4v) is 9.94. The summed E-state index contributed by atoms with van der Waals surface area (Å²) in [6.45, 7) is 14.3. The second-order valence-electron chi connectivity index (χ2n) is 19.4. The molecule has 1 amide bonds. The summed E-state index contributed by atoms with van der Waals surface area (Å²) in [5, 5.41) is 62.7. The largest absolute Gasteiger partial charge is 0.459 e. The Morgan fingerprint density at radius 3 is 2.25 bits per heavy atom. The Bertz CT molecular complexity index is 1870. The third-order valence-electron chi connectivity index (χ3n) is 14.0. The number of aliphatic hydroxyl groups is 5. The van der Waals surface area contributed by atoms with Crippen molar-refractivity contribution in [1.29, 1.82) is 0 Å². The van der Waals surface area contributed by atoms with Gasteiger partial charge in [0.2, 0.25) is 0 Å². The molecule has 0 bridgehead atoms. The Balaban J connectivity index is 1.55. The molecule has 7 N–H and O–H groups in total. The minimum atomic E-state index is -2.22. The van der Waals surface area contributed by atoms with Crippen LogP contribution in [0.2, 0.25) is 0 Å². The zero-order chi connectivity index (χ0) is 46.9. The number of nitrogens with one attached hydrogen (secondary N) is 2. The molecule has 0 spiro atoms. The molecule has 3 aliphatic heterocycles. The molecule has 5 rings (SSSR count). The van der Waals surface area contributed by atoms with Crippen molar-refractivity contribution in [2.24, 2.45) is 23.7 Å². The van der Waals surface area contributed by atoms with Crippen molar-refractivity contribution >= 4 is 28.6 Å². The van der Waals surface area contributed by atoms with Crippen LogP contribution in [-0.4, -0.2) is 165 Å². The molecule has 356 valence electrons. The number of ketones is 1. The lowest BCUT2D eigenvalue weighted by Crippen LogP contribution is -2.61. The molecule has 63 heavy (non-hydrogen) atoms. The van der Waals surface area contributed by atoms with Gasteiger partial charge >= 0.3 is 5.97 Å². The second kappa shape index (κ2) is 20.2. The Hall–Kier alpha value is -3.07. The molecule has 4 heterocycles. The summed E-state index contributed by atoms with van der Waals surface area (Å²) in [7, 11) is 5.14. The number of fused-ring (bicyclic) bond motifs is 1. The molecule has 3 saturated heterocycles. The van der Waals surface area contributed by atoms with Crippen LogP contribution in [0, 0.1) is 23.7 Å². The molecular formula is C46H73N3O14. The van der Waals surface area contributed by atoms with Crippen LogP contribution in [0.25, 0.3) is 10.9 Å². The van der Waals surface area contributed by atoms with Gasteiger partial charge in [0, 0.05) is 67.4 Å². The number of esters is 1. The van der Waals surface area contributed by atoms with Crippen LogP contribution >= 0.6 is 0 Å². The standard InChI is InChI=1S/C46H73N3O14/c1-23-20-44(7,56)40(63-43-36(51)32(49(10)11)19-24(2)59-43)26(4)37(62-34-21-45(8,58-12)39(53)28(6)60-34)27(5)42(55)61-33(46(9,57)38(52)25(3)35(23)50)17-18-47-41(54)30-22-48-31-16-14-13-15-29(30)31/h13-16,22-28,32-34,36-40,43,48,51-53,56-57H,17-21H2,1-12H3,(H,47,54)/t23-,24?,25+,26+,27-,28?,32?,33-,34?,36?,37+,38-,39?,40-,43?,44-,45?,46-/m1/s1. The maximum atomic E-state index is 14.7. The SMILES string of the molecule is COC1(C)CC(O[C@H]2[C@H](C)[C@@H](OC3OC(C)CC(N(C)C)C3O)[C@](C)(O)C[C@@H](C)C(=O)[C@H](C)[C@@H](O)[C@](C)(O)[C@@H](CCNC(=O)c3c[nH]c4ccccc34)OC(=O)[C@@H]2C)OC(C)C1O. The smallest absolute Gasteiger partial charge is 0.311 e. The fraction of sp³-hybridized carbons (Fsp3) is 0.761. The van der Waals surface area contributed by atoms with Gasteiger partial charge in [-0.25, -0.2) is 0 Å².